The monoisotopic (exact) mass is 222 g/mol. The van der Waals surface area contributed by atoms with Crippen molar-refractivity contribution in [3.8, 4) is 0 Å². The molecule has 0 unspecified atom stereocenters. The summed E-state index contributed by atoms with van der Waals surface area (Å²) in [6.45, 7) is 0.478. The first kappa shape index (κ1) is 9.85. The van der Waals surface area contributed by atoms with Gasteiger partial charge in [-0.25, -0.2) is 5.01 Å². The van der Waals surface area contributed by atoms with Crippen LogP contribution in [0.5, 0.6) is 0 Å². The lowest BCUT2D eigenvalue weighted by atomic mass is 10.3. The normalized spacial score (nSPS) is 18.9. The Morgan fingerprint density at radius 3 is 3.13 bits per heavy atom. The van der Waals surface area contributed by atoms with Crippen LogP contribution < -0.4 is 5.73 Å². The van der Waals surface area contributed by atoms with Gasteiger partial charge in [-0.15, -0.1) is 0 Å². The molecule has 0 aliphatic carbocycles. The zero-order valence-electron chi connectivity index (χ0n) is 7.96. The van der Waals surface area contributed by atoms with Crippen LogP contribution in [0.2, 0.25) is 0 Å². The number of carbonyl (C=O) groups excluding carboxylic acids is 1. The molecule has 0 aromatic rings. The summed E-state index contributed by atoms with van der Waals surface area (Å²) in [4.78, 5) is 13.6. The number of hydrazone groups is 1. The molecular formula is C9H10N4OS. The third kappa shape index (κ3) is 2.04. The van der Waals surface area contributed by atoms with Gasteiger partial charge in [-0.2, -0.15) is 5.10 Å². The van der Waals surface area contributed by atoms with Gasteiger partial charge in [0.05, 0.1) is 11.5 Å². The third-order valence-corrected chi connectivity index (χ3v) is 2.17. The molecule has 1 amide bonds. The van der Waals surface area contributed by atoms with Crippen LogP contribution in [0.4, 0.5) is 0 Å². The van der Waals surface area contributed by atoms with Gasteiger partial charge >= 0.3 is 0 Å². The third-order valence-electron chi connectivity index (χ3n) is 2.04. The van der Waals surface area contributed by atoms with Gasteiger partial charge in [0.1, 0.15) is 6.54 Å². The second kappa shape index (κ2) is 3.82. The second-order valence-corrected chi connectivity index (χ2v) is 3.73. The van der Waals surface area contributed by atoms with Gasteiger partial charge in [0, 0.05) is 6.20 Å². The van der Waals surface area contributed by atoms with Crippen LogP contribution in [0.1, 0.15) is 0 Å². The highest BCUT2D eigenvalue weighted by Gasteiger charge is 2.24. The number of carbonyl (C=O) groups is 1. The number of allylic oxidation sites excluding steroid dienone is 2. The number of amides is 1. The summed E-state index contributed by atoms with van der Waals surface area (Å²) >= 11 is 4.75. The number of hydrogen-bond acceptors (Lipinski definition) is 4. The lowest BCUT2D eigenvalue weighted by Gasteiger charge is -2.30. The number of hydrogen-bond donors (Lipinski definition) is 1. The number of fused-ring (bicyclic) bond motifs is 1. The standard InChI is InChI=1S/C9H10N4OS/c10-7(15)5-13-9(14)6-12-4-2-1-3-8(12)11-13/h1-4H,5-6H2,(H2,10,15). The van der Waals surface area contributed by atoms with Crippen LogP contribution in [0.15, 0.2) is 29.5 Å². The molecular weight excluding hydrogens is 212 g/mol. The molecule has 0 saturated carbocycles. The molecule has 0 atom stereocenters. The van der Waals surface area contributed by atoms with E-state index in [0.717, 1.165) is 5.84 Å². The van der Waals surface area contributed by atoms with Crippen molar-refractivity contribution in [2.45, 2.75) is 0 Å². The smallest absolute Gasteiger partial charge is 0.263 e. The van der Waals surface area contributed by atoms with E-state index >= 15 is 0 Å². The van der Waals surface area contributed by atoms with Crippen LogP contribution in [-0.4, -0.2) is 39.7 Å². The average Bonchev–Trinajstić information content (AvgIpc) is 2.18. The minimum atomic E-state index is -0.105. The maximum Gasteiger partial charge on any atom is 0.263 e. The molecule has 0 saturated heterocycles. The van der Waals surface area contributed by atoms with Crippen LogP contribution in [0, 0.1) is 0 Å². The zero-order valence-corrected chi connectivity index (χ0v) is 8.78. The van der Waals surface area contributed by atoms with E-state index < -0.39 is 0 Å². The Morgan fingerprint density at radius 1 is 1.60 bits per heavy atom. The van der Waals surface area contributed by atoms with Gasteiger partial charge in [0.2, 0.25) is 0 Å². The van der Waals surface area contributed by atoms with E-state index in [-0.39, 0.29) is 24.0 Å². The van der Waals surface area contributed by atoms with Crippen LogP contribution >= 0.6 is 12.2 Å². The molecule has 2 heterocycles. The molecule has 2 aliphatic rings. The Kier molecular flexibility index (Phi) is 2.51. The highest BCUT2D eigenvalue weighted by molar-refractivity contribution is 7.80. The summed E-state index contributed by atoms with van der Waals surface area (Å²) in [5, 5.41) is 5.45. The van der Waals surface area contributed by atoms with E-state index in [9.17, 15) is 4.79 Å². The van der Waals surface area contributed by atoms with Crippen LogP contribution in [0.3, 0.4) is 0 Å². The van der Waals surface area contributed by atoms with E-state index in [1.54, 1.807) is 4.90 Å². The van der Waals surface area contributed by atoms with E-state index in [1.165, 1.54) is 5.01 Å². The maximum absolute atomic E-state index is 11.6. The number of nitrogens with two attached hydrogens (primary N) is 1. The predicted molar refractivity (Wildman–Crippen MR) is 60.9 cm³/mol. The largest absolute Gasteiger partial charge is 0.392 e. The highest BCUT2D eigenvalue weighted by atomic mass is 32.1. The van der Waals surface area contributed by atoms with Crippen molar-refractivity contribution in [1.82, 2.24) is 9.91 Å². The first-order valence-corrected chi connectivity index (χ1v) is 4.86. The van der Waals surface area contributed by atoms with Crippen LogP contribution in [-0.2, 0) is 4.79 Å². The molecule has 78 valence electrons. The van der Waals surface area contributed by atoms with Gasteiger partial charge in [0.25, 0.3) is 5.91 Å². The molecule has 2 N–H and O–H groups in total. The highest BCUT2D eigenvalue weighted by Crippen LogP contribution is 2.10. The van der Waals surface area contributed by atoms with Crippen LogP contribution in [0.25, 0.3) is 0 Å². The van der Waals surface area contributed by atoms with Crippen molar-refractivity contribution in [2.24, 2.45) is 10.8 Å². The Bertz CT molecular complexity index is 399. The Morgan fingerprint density at radius 2 is 2.40 bits per heavy atom. The maximum atomic E-state index is 11.6. The summed E-state index contributed by atoms with van der Waals surface area (Å²) in [7, 11) is 0. The minimum absolute atomic E-state index is 0.105. The molecule has 0 aromatic heterocycles. The summed E-state index contributed by atoms with van der Waals surface area (Å²) in [6, 6.07) is 0. The fourth-order valence-electron chi connectivity index (χ4n) is 1.37. The van der Waals surface area contributed by atoms with Gasteiger partial charge in [-0.1, -0.05) is 18.3 Å². The number of amidine groups is 1. The van der Waals surface area contributed by atoms with E-state index in [1.807, 2.05) is 24.4 Å². The molecule has 0 bridgehead atoms. The zero-order chi connectivity index (χ0) is 10.8. The minimum Gasteiger partial charge on any atom is -0.392 e. The van der Waals surface area contributed by atoms with Crippen molar-refractivity contribution in [3.63, 3.8) is 0 Å². The first-order valence-electron chi connectivity index (χ1n) is 4.45. The van der Waals surface area contributed by atoms with Gasteiger partial charge in [0.15, 0.2) is 5.84 Å². The van der Waals surface area contributed by atoms with Crippen molar-refractivity contribution < 1.29 is 4.79 Å². The SMILES string of the molecule is NC(=S)CN1N=C2C=CC=CN2CC1=O. The van der Waals surface area contributed by atoms with Crippen molar-refractivity contribution >= 4 is 28.9 Å². The predicted octanol–water partition coefficient (Wildman–Crippen LogP) is -0.186. The Labute approximate surface area is 92.5 Å². The number of thiocarbonyl (C=S) groups is 1. The Balaban J connectivity index is 2.21. The fourth-order valence-corrected chi connectivity index (χ4v) is 1.49. The lowest BCUT2D eigenvalue weighted by Crippen LogP contribution is -2.47. The van der Waals surface area contributed by atoms with Gasteiger partial charge in [-0.3, -0.25) is 4.79 Å². The summed E-state index contributed by atoms with van der Waals surface area (Å²) in [5.74, 6) is 0.625. The topological polar surface area (TPSA) is 61.9 Å². The quantitative estimate of drug-likeness (QED) is 0.658. The van der Waals surface area contributed by atoms with Gasteiger partial charge in [-0.05, 0) is 12.2 Å². The van der Waals surface area contributed by atoms with E-state index in [4.69, 9.17) is 18.0 Å². The Hall–Kier alpha value is -1.69. The molecule has 0 fully saturated rings. The van der Waals surface area contributed by atoms with E-state index in [0.29, 0.717) is 0 Å². The first-order chi connectivity index (χ1) is 7.16. The molecule has 0 radical (unpaired) electrons. The average molecular weight is 222 g/mol. The molecule has 5 nitrogen and oxygen atoms in total. The second-order valence-electron chi connectivity index (χ2n) is 3.20. The lowest BCUT2D eigenvalue weighted by molar-refractivity contribution is -0.131. The molecule has 15 heavy (non-hydrogen) atoms. The summed E-state index contributed by atoms with van der Waals surface area (Å²) < 4.78 is 0. The van der Waals surface area contributed by atoms with Crippen molar-refractivity contribution in [1.29, 1.82) is 0 Å². The number of rotatable bonds is 2. The molecule has 2 rings (SSSR count). The van der Waals surface area contributed by atoms with Crippen molar-refractivity contribution in [3.05, 3.63) is 24.4 Å². The molecule has 2 aliphatic heterocycles. The number of nitrogens with zero attached hydrogens (tertiary/aromatic N) is 3. The fraction of sp³-hybridized carbons (Fsp3) is 0.222. The van der Waals surface area contributed by atoms with Gasteiger partial charge < -0.3 is 10.6 Å². The molecule has 0 spiro atoms. The summed E-state index contributed by atoms with van der Waals surface area (Å²) in [5.41, 5.74) is 5.38. The van der Waals surface area contributed by atoms with E-state index in [2.05, 4.69) is 5.10 Å². The molecule has 0 aromatic carbocycles. The molecule has 6 heteroatoms. The summed E-state index contributed by atoms with van der Waals surface area (Å²) in [6.07, 6.45) is 7.37. The van der Waals surface area contributed by atoms with Crippen molar-refractivity contribution in [2.75, 3.05) is 13.1 Å².